The van der Waals surface area contributed by atoms with E-state index in [9.17, 15) is 21.6 Å². The predicted octanol–water partition coefficient (Wildman–Crippen LogP) is 3.94. The number of rotatable bonds is 8. The van der Waals surface area contributed by atoms with Gasteiger partial charge in [0.15, 0.2) is 0 Å². The maximum absolute atomic E-state index is 14.6. The van der Waals surface area contributed by atoms with E-state index in [1.165, 1.54) is 0 Å². The molecule has 2 saturated heterocycles. The Morgan fingerprint density at radius 3 is 2.34 bits per heavy atom. The molecule has 1 aromatic carbocycles. The zero-order valence-corrected chi connectivity index (χ0v) is 23.8. The summed E-state index contributed by atoms with van der Waals surface area (Å²) in [6, 6.07) is 6.83. The standard InChI is InChI=1S/C27H34F3N7O3S/c1-19-15-22(33-25(32-19)36-11-7-27(29,30)8-12-36)20-17-31-37(18-20)23-4-3-21(34-41(39,40)14-13-38)16-24(23)35-9-5-26(2,28)6-10-35/h3-4,15-18,34,38H,5-14H2,1-2H3. The molecule has 0 aliphatic carbocycles. The van der Waals surface area contributed by atoms with Crippen LogP contribution in [0.5, 0.6) is 0 Å². The molecule has 3 aromatic rings. The molecule has 41 heavy (non-hydrogen) atoms. The van der Waals surface area contributed by atoms with Crippen LogP contribution in [0.1, 0.15) is 38.3 Å². The van der Waals surface area contributed by atoms with E-state index in [0.717, 1.165) is 0 Å². The van der Waals surface area contributed by atoms with Crippen molar-refractivity contribution in [1.29, 1.82) is 0 Å². The highest BCUT2D eigenvalue weighted by molar-refractivity contribution is 7.92. The van der Waals surface area contributed by atoms with Crippen molar-refractivity contribution in [2.24, 2.45) is 0 Å². The number of aryl methyl sites for hydroxylation is 1. The monoisotopic (exact) mass is 593 g/mol. The van der Waals surface area contributed by atoms with E-state index in [2.05, 4.69) is 19.8 Å². The van der Waals surface area contributed by atoms with Crippen LogP contribution in [0.3, 0.4) is 0 Å². The summed E-state index contributed by atoms with van der Waals surface area (Å²) in [7, 11) is -3.74. The van der Waals surface area contributed by atoms with Crippen LogP contribution >= 0.6 is 0 Å². The Labute approximate surface area is 237 Å². The first-order valence-corrected chi connectivity index (χ1v) is 15.2. The van der Waals surface area contributed by atoms with Crippen LogP contribution in [0.15, 0.2) is 36.7 Å². The number of aliphatic hydroxyl groups excluding tert-OH is 1. The first-order valence-electron chi connectivity index (χ1n) is 13.6. The number of aliphatic hydroxyl groups is 1. The van der Waals surface area contributed by atoms with Crippen molar-refractivity contribution in [3.8, 4) is 16.9 Å². The number of halogens is 3. The zero-order valence-electron chi connectivity index (χ0n) is 23.0. The third kappa shape index (κ3) is 6.92. The van der Waals surface area contributed by atoms with Crippen molar-refractivity contribution in [2.45, 2.75) is 51.1 Å². The Morgan fingerprint density at radius 2 is 1.66 bits per heavy atom. The lowest BCUT2D eigenvalue weighted by Crippen LogP contribution is -2.40. The fourth-order valence-electron chi connectivity index (χ4n) is 5.06. The van der Waals surface area contributed by atoms with Crippen LogP contribution in [0.2, 0.25) is 0 Å². The molecule has 0 atom stereocenters. The Morgan fingerprint density at radius 1 is 0.976 bits per heavy atom. The minimum atomic E-state index is -3.74. The number of benzene rings is 1. The molecule has 222 valence electrons. The van der Waals surface area contributed by atoms with Crippen LogP contribution in [-0.4, -0.2) is 83.4 Å². The summed E-state index contributed by atoms with van der Waals surface area (Å²) in [6.45, 7) is 4.10. The molecule has 2 N–H and O–H groups in total. The first-order chi connectivity index (χ1) is 19.3. The summed E-state index contributed by atoms with van der Waals surface area (Å²) in [4.78, 5) is 12.9. The van der Waals surface area contributed by atoms with Crippen LogP contribution < -0.4 is 14.5 Å². The molecule has 10 nitrogen and oxygen atoms in total. The minimum Gasteiger partial charge on any atom is -0.395 e. The van der Waals surface area contributed by atoms with E-state index in [0.29, 0.717) is 65.9 Å². The van der Waals surface area contributed by atoms with Gasteiger partial charge in [-0.15, -0.1) is 0 Å². The topological polar surface area (TPSA) is 116 Å². The Hall–Kier alpha value is -3.39. The first kappa shape index (κ1) is 29.1. The quantitative estimate of drug-likeness (QED) is 0.404. The van der Waals surface area contributed by atoms with Gasteiger partial charge in [-0.05, 0) is 51.0 Å². The number of alkyl halides is 3. The van der Waals surface area contributed by atoms with Crippen LogP contribution in [-0.2, 0) is 10.0 Å². The van der Waals surface area contributed by atoms with E-state index < -0.39 is 34.0 Å². The molecule has 4 heterocycles. The van der Waals surface area contributed by atoms with Crippen molar-refractivity contribution >= 4 is 27.3 Å². The van der Waals surface area contributed by atoms with Gasteiger partial charge in [-0.2, -0.15) is 5.10 Å². The van der Waals surface area contributed by atoms with Crippen molar-refractivity contribution < 1.29 is 26.7 Å². The zero-order chi connectivity index (χ0) is 29.4. The van der Waals surface area contributed by atoms with Crippen molar-refractivity contribution in [1.82, 2.24) is 19.7 Å². The van der Waals surface area contributed by atoms with Gasteiger partial charge in [0.2, 0.25) is 16.0 Å². The van der Waals surface area contributed by atoms with E-state index in [1.54, 1.807) is 53.2 Å². The maximum atomic E-state index is 14.6. The smallest absolute Gasteiger partial charge is 0.251 e. The highest BCUT2D eigenvalue weighted by Crippen LogP contribution is 2.35. The van der Waals surface area contributed by atoms with Gasteiger partial charge in [0.1, 0.15) is 5.67 Å². The predicted molar refractivity (Wildman–Crippen MR) is 151 cm³/mol. The number of anilines is 3. The highest BCUT2D eigenvalue weighted by Gasteiger charge is 2.35. The fraction of sp³-hybridized carbons (Fsp3) is 0.519. The van der Waals surface area contributed by atoms with Gasteiger partial charge in [0.05, 0.1) is 41.3 Å². The number of hydrogen-bond donors (Lipinski definition) is 2. The van der Waals surface area contributed by atoms with Gasteiger partial charge in [0.25, 0.3) is 5.92 Å². The second-order valence-electron chi connectivity index (χ2n) is 11.0. The molecule has 0 spiro atoms. The summed E-state index contributed by atoms with van der Waals surface area (Å²) in [5.74, 6) is -2.71. The number of hydrogen-bond acceptors (Lipinski definition) is 8. The van der Waals surface area contributed by atoms with E-state index in [-0.39, 0.29) is 25.9 Å². The molecule has 2 aliphatic rings. The summed E-state index contributed by atoms with van der Waals surface area (Å²) < 4.78 is 70.7. The molecule has 0 saturated carbocycles. The lowest BCUT2D eigenvalue weighted by molar-refractivity contribution is -0.0222. The molecular formula is C27H34F3N7O3S. The average Bonchev–Trinajstić information content (AvgIpc) is 3.38. The molecule has 5 rings (SSSR count). The van der Waals surface area contributed by atoms with Crippen molar-refractivity contribution in [3.63, 3.8) is 0 Å². The van der Waals surface area contributed by atoms with Gasteiger partial charge in [-0.3, -0.25) is 4.72 Å². The van der Waals surface area contributed by atoms with Gasteiger partial charge in [-0.25, -0.2) is 36.2 Å². The van der Waals surface area contributed by atoms with Gasteiger partial charge in [-0.1, -0.05) is 0 Å². The number of piperidine rings is 2. The maximum Gasteiger partial charge on any atom is 0.251 e. The van der Waals surface area contributed by atoms with Crippen molar-refractivity contribution in [2.75, 3.05) is 53.1 Å². The Bertz CT molecular complexity index is 1490. The summed E-state index contributed by atoms with van der Waals surface area (Å²) >= 11 is 0. The van der Waals surface area contributed by atoms with Gasteiger partial charge >= 0.3 is 0 Å². The fourth-order valence-corrected chi connectivity index (χ4v) is 5.89. The highest BCUT2D eigenvalue weighted by atomic mass is 32.2. The molecule has 2 aromatic heterocycles. The average molecular weight is 594 g/mol. The van der Waals surface area contributed by atoms with E-state index in [4.69, 9.17) is 5.11 Å². The van der Waals surface area contributed by atoms with Crippen LogP contribution in [0.4, 0.5) is 30.5 Å². The lowest BCUT2D eigenvalue weighted by Gasteiger charge is -2.36. The van der Waals surface area contributed by atoms with E-state index >= 15 is 0 Å². The second-order valence-corrected chi connectivity index (χ2v) is 12.8. The Balaban J connectivity index is 1.46. The van der Waals surface area contributed by atoms with Gasteiger partial charge < -0.3 is 14.9 Å². The third-order valence-electron chi connectivity index (χ3n) is 7.50. The normalized spacial score (nSPS) is 18.9. The van der Waals surface area contributed by atoms with Crippen molar-refractivity contribution in [3.05, 3.63) is 42.4 Å². The molecule has 14 heteroatoms. The minimum absolute atomic E-state index is 0.167. The lowest BCUT2D eigenvalue weighted by atomic mass is 9.95. The Kier molecular flexibility index (Phi) is 7.90. The van der Waals surface area contributed by atoms with Crippen LogP contribution in [0.25, 0.3) is 16.9 Å². The number of nitrogens with one attached hydrogen (secondary N) is 1. The SMILES string of the molecule is Cc1cc(-c2cnn(-c3ccc(NS(=O)(=O)CCO)cc3N3CCC(C)(F)CC3)c2)nc(N2CCC(F)(F)CC2)n1. The van der Waals surface area contributed by atoms with Gasteiger partial charge in [0, 0.05) is 56.5 Å². The second kappa shape index (κ2) is 11.1. The molecular weight excluding hydrogens is 559 g/mol. The van der Waals surface area contributed by atoms with Crippen LogP contribution in [0, 0.1) is 6.92 Å². The molecule has 0 radical (unpaired) electrons. The molecule has 2 fully saturated rings. The summed E-state index contributed by atoms with van der Waals surface area (Å²) in [5, 5.41) is 13.6. The number of aromatic nitrogens is 4. The summed E-state index contributed by atoms with van der Waals surface area (Å²) in [5.41, 5.74) is 2.35. The molecule has 2 aliphatic heterocycles. The molecule has 0 amide bonds. The number of sulfonamides is 1. The number of nitrogens with zero attached hydrogens (tertiary/aromatic N) is 6. The third-order valence-corrected chi connectivity index (χ3v) is 8.77. The summed E-state index contributed by atoms with van der Waals surface area (Å²) in [6.07, 6.45) is 3.58. The largest absolute Gasteiger partial charge is 0.395 e. The van der Waals surface area contributed by atoms with E-state index in [1.807, 2.05) is 11.8 Å². The molecule has 0 bridgehead atoms. The molecule has 0 unspecified atom stereocenters.